The van der Waals surface area contributed by atoms with Gasteiger partial charge in [0.1, 0.15) is 5.82 Å². The van der Waals surface area contributed by atoms with Crippen LogP contribution in [0.4, 0.5) is 4.39 Å². The Kier molecular flexibility index (Phi) is 3.52. The van der Waals surface area contributed by atoms with Gasteiger partial charge in [-0.3, -0.25) is 0 Å². The van der Waals surface area contributed by atoms with Gasteiger partial charge in [0.15, 0.2) is 0 Å². The van der Waals surface area contributed by atoms with Crippen molar-refractivity contribution >= 4 is 23.4 Å². The smallest absolute Gasteiger partial charge is 0.123 e. The molecule has 1 aliphatic heterocycles. The summed E-state index contributed by atoms with van der Waals surface area (Å²) in [7, 11) is 0. The van der Waals surface area contributed by atoms with Crippen LogP contribution < -0.4 is 0 Å². The van der Waals surface area contributed by atoms with E-state index in [9.17, 15) is 9.50 Å². The van der Waals surface area contributed by atoms with E-state index in [1.807, 2.05) is 18.2 Å². The third kappa shape index (κ3) is 2.50. The first-order chi connectivity index (χ1) is 9.15. The molecule has 3 rings (SSSR count). The summed E-state index contributed by atoms with van der Waals surface area (Å²) < 4.78 is 13.3. The highest BCUT2D eigenvalue weighted by Crippen LogP contribution is 2.43. The number of aliphatic hydroxyl groups is 1. The zero-order chi connectivity index (χ0) is 13.4. The Labute approximate surface area is 120 Å². The monoisotopic (exact) mass is 294 g/mol. The first-order valence-electron chi connectivity index (χ1n) is 6.03. The average Bonchev–Trinajstić information content (AvgIpc) is 2.84. The maximum Gasteiger partial charge on any atom is 0.123 e. The number of hydrogen-bond acceptors (Lipinski definition) is 2. The van der Waals surface area contributed by atoms with Gasteiger partial charge in [-0.05, 0) is 36.2 Å². The molecule has 2 atom stereocenters. The molecular weight excluding hydrogens is 283 g/mol. The number of thioether (sulfide) groups is 1. The van der Waals surface area contributed by atoms with E-state index in [4.69, 9.17) is 11.6 Å². The van der Waals surface area contributed by atoms with Crippen molar-refractivity contribution < 1.29 is 9.50 Å². The quantitative estimate of drug-likeness (QED) is 0.894. The molecule has 19 heavy (non-hydrogen) atoms. The zero-order valence-corrected chi connectivity index (χ0v) is 11.6. The first-order valence-corrected chi connectivity index (χ1v) is 7.28. The molecule has 0 saturated carbocycles. The molecule has 1 aliphatic rings. The SMILES string of the molecule is OC(c1cc(F)ccc1Cl)C1Cc2ccccc2S1. The fraction of sp³-hybridized carbons (Fsp3) is 0.200. The van der Waals surface area contributed by atoms with Gasteiger partial charge in [0, 0.05) is 20.7 Å². The summed E-state index contributed by atoms with van der Waals surface area (Å²) in [6.45, 7) is 0. The number of rotatable bonds is 2. The number of aliphatic hydroxyl groups excluding tert-OH is 1. The molecule has 1 nitrogen and oxygen atoms in total. The topological polar surface area (TPSA) is 20.2 Å². The molecule has 0 saturated heterocycles. The summed E-state index contributed by atoms with van der Waals surface area (Å²) in [5, 5.41) is 10.8. The van der Waals surface area contributed by atoms with Crippen LogP contribution in [0.5, 0.6) is 0 Å². The molecule has 0 amide bonds. The zero-order valence-electron chi connectivity index (χ0n) is 10.0. The summed E-state index contributed by atoms with van der Waals surface area (Å²) in [5.41, 5.74) is 1.69. The molecule has 2 aromatic rings. The number of hydrogen-bond donors (Lipinski definition) is 1. The minimum absolute atomic E-state index is 0.0169. The summed E-state index contributed by atoms with van der Waals surface area (Å²) >= 11 is 7.67. The lowest BCUT2D eigenvalue weighted by Gasteiger charge is -2.18. The second-order valence-corrected chi connectivity index (χ2v) is 6.27. The van der Waals surface area contributed by atoms with Gasteiger partial charge in [-0.2, -0.15) is 0 Å². The van der Waals surface area contributed by atoms with Crippen molar-refractivity contribution in [2.45, 2.75) is 22.7 Å². The predicted octanol–water partition coefficient (Wildman–Crippen LogP) is 4.23. The molecule has 1 heterocycles. The number of fused-ring (bicyclic) bond motifs is 1. The van der Waals surface area contributed by atoms with Crippen molar-refractivity contribution in [3.8, 4) is 0 Å². The summed E-state index contributed by atoms with van der Waals surface area (Å²) in [5.74, 6) is -0.376. The molecule has 1 N–H and O–H groups in total. The molecular formula is C15H12ClFOS. The first kappa shape index (κ1) is 13.0. The summed E-state index contributed by atoms with van der Waals surface area (Å²) in [6, 6.07) is 12.2. The van der Waals surface area contributed by atoms with Gasteiger partial charge in [-0.1, -0.05) is 29.8 Å². The van der Waals surface area contributed by atoms with Crippen molar-refractivity contribution in [2.75, 3.05) is 0 Å². The molecule has 0 aromatic heterocycles. The second kappa shape index (κ2) is 5.16. The van der Waals surface area contributed by atoms with Gasteiger partial charge in [0.2, 0.25) is 0 Å². The molecule has 0 aliphatic carbocycles. The van der Waals surface area contributed by atoms with Crippen LogP contribution in [0.3, 0.4) is 0 Å². The van der Waals surface area contributed by atoms with E-state index in [2.05, 4.69) is 6.07 Å². The minimum atomic E-state index is -0.763. The van der Waals surface area contributed by atoms with E-state index in [-0.39, 0.29) is 11.1 Å². The summed E-state index contributed by atoms with van der Waals surface area (Å²) in [6.07, 6.45) is 0.00933. The highest BCUT2D eigenvalue weighted by Gasteiger charge is 2.30. The Hall–Kier alpha value is -1.03. The van der Waals surface area contributed by atoms with Crippen LogP contribution in [-0.2, 0) is 6.42 Å². The van der Waals surface area contributed by atoms with Crippen molar-refractivity contribution in [1.82, 2.24) is 0 Å². The molecule has 0 fully saturated rings. The molecule has 98 valence electrons. The van der Waals surface area contributed by atoms with Gasteiger partial charge >= 0.3 is 0 Å². The molecule has 0 bridgehead atoms. The molecule has 2 aromatic carbocycles. The maximum absolute atomic E-state index is 13.3. The highest BCUT2D eigenvalue weighted by atomic mass is 35.5. The van der Waals surface area contributed by atoms with E-state index in [1.54, 1.807) is 11.8 Å². The van der Waals surface area contributed by atoms with E-state index in [1.165, 1.54) is 28.7 Å². The van der Waals surface area contributed by atoms with Crippen molar-refractivity contribution in [3.63, 3.8) is 0 Å². The molecule has 0 radical (unpaired) electrons. The van der Waals surface area contributed by atoms with Gasteiger partial charge in [-0.15, -0.1) is 11.8 Å². The van der Waals surface area contributed by atoms with Gasteiger partial charge in [0.05, 0.1) is 6.10 Å². The number of benzene rings is 2. The highest BCUT2D eigenvalue weighted by molar-refractivity contribution is 8.00. The van der Waals surface area contributed by atoms with Gasteiger partial charge in [-0.25, -0.2) is 4.39 Å². The average molecular weight is 295 g/mol. The Morgan fingerprint density at radius 1 is 1.26 bits per heavy atom. The lowest BCUT2D eigenvalue weighted by molar-refractivity contribution is 0.175. The van der Waals surface area contributed by atoms with E-state index in [0.29, 0.717) is 10.6 Å². The van der Waals surface area contributed by atoms with Crippen molar-refractivity contribution in [1.29, 1.82) is 0 Å². The minimum Gasteiger partial charge on any atom is -0.387 e. The largest absolute Gasteiger partial charge is 0.387 e. The Balaban J connectivity index is 1.87. The van der Waals surface area contributed by atoms with Crippen LogP contribution in [0.15, 0.2) is 47.4 Å². The van der Waals surface area contributed by atoms with E-state index in [0.717, 1.165) is 6.42 Å². The van der Waals surface area contributed by atoms with Gasteiger partial charge in [0.25, 0.3) is 0 Å². The lowest BCUT2D eigenvalue weighted by Crippen LogP contribution is -2.15. The summed E-state index contributed by atoms with van der Waals surface area (Å²) in [4.78, 5) is 1.18. The van der Waals surface area contributed by atoms with Crippen LogP contribution in [0.1, 0.15) is 17.2 Å². The van der Waals surface area contributed by atoms with E-state index < -0.39 is 6.10 Å². The number of halogens is 2. The van der Waals surface area contributed by atoms with Gasteiger partial charge < -0.3 is 5.11 Å². The van der Waals surface area contributed by atoms with Crippen molar-refractivity contribution in [3.05, 3.63) is 64.4 Å². The van der Waals surface area contributed by atoms with Crippen LogP contribution in [-0.4, -0.2) is 10.4 Å². The maximum atomic E-state index is 13.3. The normalized spacial score (nSPS) is 19.2. The van der Waals surface area contributed by atoms with Crippen LogP contribution in [0, 0.1) is 5.82 Å². The Bertz CT molecular complexity index is 592. The van der Waals surface area contributed by atoms with Crippen LogP contribution >= 0.6 is 23.4 Å². The Morgan fingerprint density at radius 3 is 2.84 bits per heavy atom. The fourth-order valence-electron chi connectivity index (χ4n) is 2.33. The third-order valence-corrected chi connectivity index (χ3v) is 5.02. The standard InChI is InChI=1S/C15H12ClFOS/c16-12-6-5-10(17)8-11(12)15(18)14-7-9-3-1-2-4-13(9)19-14/h1-6,8,14-15,18H,7H2. The second-order valence-electron chi connectivity index (χ2n) is 4.58. The van der Waals surface area contributed by atoms with Crippen molar-refractivity contribution in [2.24, 2.45) is 0 Å². The van der Waals surface area contributed by atoms with Crippen LogP contribution in [0.2, 0.25) is 5.02 Å². The fourth-order valence-corrected chi connectivity index (χ4v) is 3.88. The molecule has 0 spiro atoms. The molecule has 4 heteroatoms. The van der Waals surface area contributed by atoms with E-state index >= 15 is 0 Å². The lowest BCUT2D eigenvalue weighted by atomic mass is 10.0. The predicted molar refractivity (Wildman–Crippen MR) is 76.2 cm³/mol. The third-order valence-electron chi connectivity index (χ3n) is 3.30. The Morgan fingerprint density at radius 2 is 2.05 bits per heavy atom. The molecule has 2 unspecified atom stereocenters. The van der Waals surface area contributed by atoms with Crippen LogP contribution in [0.25, 0.3) is 0 Å².